The second-order valence-electron chi connectivity index (χ2n) is 13.0. The maximum atomic E-state index is 13.3. The number of aliphatic hydroxyl groups excluding tert-OH is 4. The molecule has 0 unspecified atom stereocenters. The molecule has 11 atom stereocenters. The minimum absolute atomic E-state index is 0.137. The normalized spacial score (nSPS) is 49.1. The summed E-state index contributed by atoms with van der Waals surface area (Å²) in [5.41, 5.74) is -4.09. The molecule has 0 amide bonds. The van der Waals surface area contributed by atoms with Gasteiger partial charge in [-0.3, -0.25) is 4.79 Å². The molecule has 0 aromatic carbocycles. The first-order chi connectivity index (χ1) is 15.6. The predicted molar refractivity (Wildman–Crippen MR) is 127 cm³/mol. The molecule has 0 aromatic rings. The summed E-state index contributed by atoms with van der Waals surface area (Å²) >= 11 is 0. The molecule has 0 spiro atoms. The van der Waals surface area contributed by atoms with Crippen molar-refractivity contribution in [1.82, 2.24) is 0 Å². The standard InChI is InChI=1S/C27H44O7/c1-14(2)6-7-22(32)26(5,33)21-8-9-27(34)16-11-17(28)15-10-18(29)19(30)12-24(15,3)23(16)20(31)13-25(21,27)4/h11,14-15,18-23,29-34H,6-10,12-13H2,1-5H3/t15-,18+,19-,20+,21-,22+,23+,24-,25+,26+,27+/m1/s1. The lowest BCUT2D eigenvalue weighted by atomic mass is 9.45. The van der Waals surface area contributed by atoms with Crippen molar-refractivity contribution in [3.63, 3.8) is 0 Å². The summed E-state index contributed by atoms with van der Waals surface area (Å²) in [6, 6.07) is 0. The molecule has 0 saturated heterocycles. The molecule has 34 heavy (non-hydrogen) atoms. The van der Waals surface area contributed by atoms with Crippen molar-refractivity contribution in [2.75, 3.05) is 0 Å². The third-order valence-electron chi connectivity index (χ3n) is 10.5. The van der Waals surface area contributed by atoms with Crippen molar-refractivity contribution in [3.05, 3.63) is 11.6 Å². The summed E-state index contributed by atoms with van der Waals surface area (Å²) in [7, 11) is 0. The average molecular weight is 481 g/mol. The van der Waals surface area contributed by atoms with E-state index in [0.717, 1.165) is 6.42 Å². The molecule has 0 bridgehead atoms. The third kappa shape index (κ3) is 3.57. The number of aliphatic hydroxyl groups is 6. The Morgan fingerprint density at radius 1 is 1.09 bits per heavy atom. The summed E-state index contributed by atoms with van der Waals surface area (Å²) in [5, 5.41) is 66.9. The highest BCUT2D eigenvalue weighted by Crippen LogP contribution is 2.68. The van der Waals surface area contributed by atoms with Crippen LogP contribution in [0.5, 0.6) is 0 Å². The highest BCUT2D eigenvalue weighted by molar-refractivity contribution is 5.95. The van der Waals surface area contributed by atoms with E-state index in [0.29, 0.717) is 30.8 Å². The SMILES string of the molecule is CC(C)CC[C@H](O)[C@@](C)(O)[C@@H]1CC[C@]2(O)C3=CC(=O)[C@H]4C[C@H](O)[C@H](O)C[C@@]4(C)[C@@H]3[C@@H](O)C[C@@]12C. The monoisotopic (exact) mass is 480 g/mol. The van der Waals surface area contributed by atoms with Crippen LogP contribution in [0.3, 0.4) is 0 Å². The van der Waals surface area contributed by atoms with Crippen LogP contribution in [-0.2, 0) is 4.79 Å². The quantitative estimate of drug-likeness (QED) is 0.352. The van der Waals surface area contributed by atoms with Crippen molar-refractivity contribution < 1.29 is 35.4 Å². The minimum atomic E-state index is -1.46. The number of carbonyl (C=O) groups excluding carboxylic acids is 1. The molecule has 4 rings (SSSR count). The molecule has 0 aromatic heterocycles. The van der Waals surface area contributed by atoms with Crippen molar-refractivity contribution in [2.24, 2.45) is 34.5 Å². The zero-order valence-corrected chi connectivity index (χ0v) is 21.2. The number of carbonyl (C=O) groups is 1. The first kappa shape index (κ1) is 26.2. The zero-order chi connectivity index (χ0) is 25.4. The van der Waals surface area contributed by atoms with Crippen LogP contribution >= 0.6 is 0 Å². The Balaban J connectivity index is 1.73. The molecule has 194 valence electrons. The molecule has 7 heteroatoms. The van der Waals surface area contributed by atoms with Gasteiger partial charge in [0.1, 0.15) is 0 Å². The molecule has 0 radical (unpaired) electrons. The van der Waals surface area contributed by atoms with Gasteiger partial charge in [0.05, 0.1) is 35.6 Å². The molecule has 6 N–H and O–H groups in total. The van der Waals surface area contributed by atoms with Gasteiger partial charge in [0.2, 0.25) is 0 Å². The molecule has 3 saturated carbocycles. The predicted octanol–water partition coefficient (Wildman–Crippen LogP) is 1.71. The lowest BCUT2D eigenvalue weighted by Crippen LogP contribution is -2.66. The molecule has 4 aliphatic carbocycles. The molecule has 0 aliphatic heterocycles. The molecule has 4 aliphatic rings. The minimum Gasteiger partial charge on any atom is -0.392 e. The van der Waals surface area contributed by atoms with Crippen LogP contribution in [0, 0.1) is 34.5 Å². The van der Waals surface area contributed by atoms with Crippen LogP contribution < -0.4 is 0 Å². The van der Waals surface area contributed by atoms with Crippen molar-refractivity contribution in [2.45, 2.75) is 115 Å². The Hall–Kier alpha value is -0.830. The molecular weight excluding hydrogens is 436 g/mol. The van der Waals surface area contributed by atoms with Gasteiger partial charge in [0, 0.05) is 17.3 Å². The number of ketones is 1. The Morgan fingerprint density at radius 3 is 2.35 bits per heavy atom. The van der Waals surface area contributed by atoms with E-state index in [-0.39, 0.29) is 25.0 Å². The maximum absolute atomic E-state index is 13.3. The van der Waals surface area contributed by atoms with Gasteiger partial charge in [-0.15, -0.1) is 0 Å². The first-order valence-electron chi connectivity index (χ1n) is 13.0. The molecule has 7 nitrogen and oxygen atoms in total. The van der Waals surface area contributed by atoms with Gasteiger partial charge in [0.15, 0.2) is 5.78 Å². The van der Waals surface area contributed by atoms with Crippen molar-refractivity contribution in [1.29, 1.82) is 0 Å². The lowest BCUT2D eigenvalue weighted by Gasteiger charge is -2.62. The van der Waals surface area contributed by atoms with Crippen LogP contribution in [0.25, 0.3) is 0 Å². The zero-order valence-electron chi connectivity index (χ0n) is 21.2. The Morgan fingerprint density at radius 2 is 1.74 bits per heavy atom. The second kappa shape index (κ2) is 8.35. The van der Waals surface area contributed by atoms with Gasteiger partial charge in [0.25, 0.3) is 0 Å². The average Bonchev–Trinajstić information content (AvgIpc) is 2.99. The van der Waals surface area contributed by atoms with E-state index in [1.165, 1.54) is 6.08 Å². The van der Waals surface area contributed by atoms with Crippen molar-refractivity contribution >= 4 is 5.78 Å². The fraction of sp³-hybridized carbons (Fsp3) is 0.889. The third-order valence-corrected chi connectivity index (χ3v) is 10.5. The van der Waals surface area contributed by atoms with Crippen molar-refractivity contribution in [3.8, 4) is 0 Å². The highest BCUT2D eigenvalue weighted by atomic mass is 16.3. The summed E-state index contributed by atoms with van der Waals surface area (Å²) in [6.07, 6.45) is 0.195. The van der Waals surface area contributed by atoms with E-state index in [1.807, 2.05) is 13.8 Å². The number of fused-ring (bicyclic) bond motifs is 5. The van der Waals surface area contributed by atoms with Gasteiger partial charge >= 0.3 is 0 Å². The number of hydrogen-bond acceptors (Lipinski definition) is 7. The summed E-state index contributed by atoms with van der Waals surface area (Å²) in [5.74, 6) is -1.32. The van der Waals surface area contributed by atoms with Crippen LogP contribution in [-0.4, -0.2) is 72.0 Å². The molecular formula is C27H44O7. The van der Waals surface area contributed by atoms with E-state index in [2.05, 4.69) is 13.8 Å². The lowest BCUT2D eigenvalue weighted by molar-refractivity contribution is -0.196. The maximum Gasteiger partial charge on any atom is 0.159 e. The second-order valence-corrected chi connectivity index (χ2v) is 13.0. The fourth-order valence-electron chi connectivity index (χ4n) is 8.44. The van der Waals surface area contributed by atoms with Gasteiger partial charge in [-0.25, -0.2) is 0 Å². The Kier molecular flexibility index (Phi) is 6.45. The van der Waals surface area contributed by atoms with Crippen LogP contribution in [0.4, 0.5) is 0 Å². The fourth-order valence-corrected chi connectivity index (χ4v) is 8.44. The first-order valence-corrected chi connectivity index (χ1v) is 13.0. The van der Waals surface area contributed by atoms with Gasteiger partial charge in [-0.1, -0.05) is 27.7 Å². The van der Waals surface area contributed by atoms with E-state index < -0.39 is 64.2 Å². The summed E-state index contributed by atoms with van der Waals surface area (Å²) < 4.78 is 0. The number of rotatable bonds is 5. The summed E-state index contributed by atoms with van der Waals surface area (Å²) in [4.78, 5) is 13.3. The molecule has 3 fully saturated rings. The van der Waals surface area contributed by atoms with Crippen LogP contribution in [0.1, 0.15) is 79.6 Å². The largest absolute Gasteiger partial charge is 0.392 e. The van der Waals surface area contributed by atoms with Crippen LogP contribution in [0.15, 0.2) is 11.6 Å². The van der Waals surface area contributed by atoms with Gasteiger partial charge in [-0.2, -0.15) is 0 Å². The molecule has 0 heterocycles. The Labute approximate surface area is 202 Å². The number of hydrogen-bond donors (Lipinski definition) is 6. The Bertz CT molecular complexity index is 852. The van der Waals surface area contributed by atoms with E-state index in [4.69, 9.17) is 0 Å². The highest BCUT2D eigenvalue weighted by Gasteiger charge is 2.71. The van der Waals surface area contributed by atoms with Gasteiger partial charge in [-0.05, 0) is 80.8 Å². The van der Waals surface area contributed by atoms with E-state index in [1.54, 1.807) is 6.92 Å². The smallest absolute Gasteiger partial charge is 0.159 e. The number of allylic oxidation sites excluding steroid dienone is 1. The topological polar surface area (TPSA) is 138 Å². The van der Waals surface area contributed by atoms with Crippen LogP contribution in [0.2, 0.25) is 0 Å². The van der Waals surface area contributed by atoms with E-state index in [9.17, 15) is 35.4 Å². The van der Waals surface area contributed by atoms with E-state index >= 15 is 0 Å². The van der Waals surface area contributed by atoms with Gasteiger partial charge < -0.3 is 30.6 Å². The summed E-state index contributed by atoms with van der Waals surface area (Å²) in [6.45, 7) is 9.52.